The molecule has 5 heteroatoms. The Hall–Kier alpha value is -2.14. The van der Waals surface area contributed by atoms with Crippen LogP contribution in [-0.4, -0.2) is 33.7 Å². The van der Waals surface area contributed by atoms with Gasteiger partial charge < -0.3 is 9.80 Å². The van der Waals surface area contributed by atoms with Gasteiger partial charge in [-0.2, -0.15) is 0 Å². The molecule has 0 bridgehead atoms. The van der Waals surface area contributed by atoms with Gasteiger partial charge in [0.1, 0.15) is 6.54 Å². The smallest absolute Gasteiger partial charge is 0.242 e. The van der Waals surface area contributed by atoms with Gasteiger partial charge >= 0.3 is 0 Å². The van der Waals surface area contributed by atoms with E-state index in [1.54, 1.807) is 16.2 Å². The summed E-state index contributed by atoms with van der Waals surface area (Å²) in [6.45, 7) is 12.9. The van der Waals surface area contributed by atoms with Crippen molar-refractivity contribution in [2.75, 3.05) is 6.54 Å². The van der Waals surface area contributed by atoms with Crippen molar-refractivity contribution >= 4 is 23.2 Å². The molecule has 0 saturated carbocycles. The standard InChI is InChI=1S/C23H32N2O2S/c1-17(2)22(27)25(23(4,5)6)16-21(26)24(14-19-10-8-7-9-11-19)15-20-13-12-18(3)28-20/h7-13,17H,14-16H2,1-6H3. The van der Waals surface area contributed by atoms with Crippen LogP contribution in [0.2, 0.25) is 0 Å². The van der Waals surface area contributed by atoms with E-state index >= 15 is 0 Å². The molecule has 4 nitrogen and oxygen atoms in total. The van der Waals surface area contributed by atoms with Crippen molar-refractivity contribution in [1.82, 2.24) is 9.80 Å². The topological polar surface area (TPSA) is 40.6 Å². The molecule has 0 N–H and O–H groups in total. The molecule has 0 saturated heterocycles. The van der Waals surface area contributed by atoms with Gasteiger partial charge in [0.05, 0.1) is 6.54 Å². The van der Waals surface area contributed by atoms with E-state index in [4.69, 9.17) is 0 Å². The second-order valence-corrected chi connectivity index (χ2v) is 9.87. The SMILES string of the molecule is Cc1ccc(CN(Cc2ccccc2)C(=O)CN(C(=O)C(C)C)C(C)(C)C)s1. The maximum atomic E-state index is 13.3. The first-order chi connectivity index (χ1) is 13.1. The van der Waals surface area contributed by atoms with Gasteiger partial charge in [0.15, 0.2) is 0 Å². The Bertz CT molecular complexity index is 790. The van der Waals surface area contributed by atoms with E-state index in [1.165, 1.54) is 4.88 Å². The first-order valence-corrected chi connectivity index (χ1v) is 10.6. The van der Waals surface area contributed by atoms with Crippen molar-refractivity contribution < 1.29 is 9.59 Å². The molecule has 0 aliphatic rings. The van der Waals surface area contributed by atoms with E-state index in [-0.39, 0.29) is 24.3 Å². The quantitative estimate of drug-likeness (QED) is 0.665. The maximum absolute atomic E-state index is 13.3. The Morgan fingerprint density at radius 3 is 2.14 bits per heavy atom. The fourth-order valence-electron chi connectivity index (χ4n) is 2.99. The largest absolute Gasteiger partial charge is 0.332 e. The third kappa shape index (κ3) is 6.20. The highest BCUT2D eigenvalue weighted by atomic mass is 32.1. The number of thiophene rings is 1. The van der Waals surface area contributed by atoms with Crippen LogP contribution in [0.4, 0.5) is 0 Å². The lowest BCUT2D eigenvalue weighted by molar-refractivity contribution is -0.147. The molecule has 2 aromatic rings. The molecular weight excluding hydrogens is 368 g/mol. The molecule has 1 aromatic carbocycles. The van der Waals surface area contributed by atoms with Gasteiger partial charge in [-0.05, 0) is 45.4 Å². The average molecular weight is 401 g/mol. The molecule has 2 amide bonds. The highest BCUT2D eigenvalue weighted by Gasteiger charge is 2.31. The number of carbonyl (C=O) groups excluding carboxylic acids is 2. The van der Waals surface area contributed by atoms with Crippen LogP contribution < -0.4 is 0 Å². The van der Waals surface area contributed by atoms with E-state index in [0.29, 0.717) is 13.1 Å². The van der Waals surface area contributed by atoms with Gasteiger partial charge in [-0.3, -0.25) is 9.59 Å². The van der Waals surface area contributed by atoms with Crippen LogP contribution in [0, 0.1) is 12.8 Å². The molecule has 0 radical (unpaired) electrons. The first kappa shape index (κ1) is 22.2. The van der Waals surface area contributed by atoms with Gasteiger partial charge in [-0.15, -0.1) is 11.3 Å². The molecule has 1 heterocycles. The molecule has 1 aromatic heterocycles. The van der Waals surface area contributed by atoms with Gasteiger partial charge in [0.2, 0.25) is 11.8 Å². The summed E-state index contributed by atoms with van der Waals surface area (Å²) in [5, 5.41) is 0. The summed E-state index contributed by atoms with van der Waals surface area (Å²) in [4.78, 5) is 31.9. The lowest BCUT2D eigenvalue weighted by Crippen LogP contribution is -2.52. The monoisotopic (exact) mass is 400 g/mol. The van der Waals surface area contributed by atoms with Crippen molar-refractivity contribution in [3.8, 4) is 0 Å². The predicted molar refractivity (Wildman–Crippen MR) is 116 cm³/mol. The molecule has 0 atom stereocenters. The van der Waals surface area contributed by atoms with Gasteiger partial charge in [0, 0.05) is 27.8 Å². The summed E-state index contributed by atoms with van der Waals surface area (Å²) in [6.07, 6.45) is 0. The van der Waals surface area contributed by atoms with Crippen molar-refractivity contribution in [3.05, 3.63) is 57.8 Å². The Balaban J connectivity index is 2.24. The summed E-state index contributed by atoms with van der Waals surface area (Å²) in [5.74, 6) is -0.166. The van der Waals surface area contributed by atoms with Crippen LogP contribution in [0.1, 0.15) is 49.9 Å². The minimum absolute atomic E-state index is 0.00693. The Morgan fingerprint density at radius 1 is 1.00 bits per heavy atom. The number of rotatable bonds is 7. The molecule has 0 unspecified atom stereocenters. The van der Waals surface area contributed by atoms with Crippen molar-refractivity contribution in [2.45, 2.75) is 60.2 Å². The van der Waals surface area contributed by atoms with Crippen LogP contribution >= 0.6 is 11.3 Å². The molecule has 0 spiro atoms. The van der Waals surface area contributed by atoms with Crippen molar-refractivity contribution in [1.29, 1.82) is 0 Å². The highest BCUT2D eigenvalue weighted by Crippen LogP contribution is 2.21. The lowest BCUT2D eigenvalue weighted by Gasteiger charge is -2.38. The molecule has 2 rings (SSSR count). The average Bonchev–Trinajstić information content (AvgIpc) is 3.03. The number of aryl methyl sites for hydroxylation is 1. The van der Waals surface area contributed by atoms with Crippen LogP contribution in [-0.2, 0) is 22.7 Å². The van der Waals surface area contributed by atoms with Gasteiger partial charge in [-0.25, -0.2) is 0 Å². The second-order valence-electron chi connectivity index (χ2n) is 8.50. The molecule has 0 aliphatic carbocycles. The van der Waals surface area contributed by atoms with Crippen LogP contribution in [0.3, 0.4) is 0 Å². The zero-order valence-corrected chi connectivity index (χ0v) is 18.7. The number of amides is 2. The number of carbonyl (C=O) groups is 2. The van der Waals surface area contributed by atoms with E-state index in [1.807, 2.05) is 69.9 Å². The fraction of sp³-hybridized carbons (Fsp3) is 0.478. The van der Waals surface area contributed by atoms with Crippen LogP contribution in [0.5, 0.6) is 0 Å². The van der Waals surface area contributed by atoms with E-state index in [0.717, 1.165) is 10.4 Å². The number of nitrogens with zero attached hydrogens (tertiary/aromatic N) is 2. The molecular formula is C23H32N2O2S. The highest BCUT2D eigenvalue weighted by molar-refractivity contribution is 7.11. The maximum Gasteiger partial charge on any atom is 0.242 e. The zero-order valence-electron chi connectivity index (χ0n) is 17.9. The Labute approximate surface area is 173 Å². The molecule has 0 fully saturated rings. The Morgan fingerprint density at radius 2 is 1.64 bits per heavy atom. The van der Waals surface area contributed by atoms with Gasteiger partial charge in [0.25, 0.3) is 0 Å². The van der Waals surface area contributed by atoms with Crippen LogP contribution in [0.25, 0.3) is 0 Å². The molecule has 28 heavy (non-hydrogen) atoms. The normalized spacial score (nSPS) is 11.5. The fourth-order valence-corrected chi connectivity index (χ4v) is 3.89. The number of hydrogen-bond donors (Lipinski definition) is 0. The van der Waals surface area contributed by atoms with Crippen LogP contribution in [0.15, 0.2) is 42.5 Å². The van der Waals surface area contributed by atoms with Gasteiger partial charge in [-0.1, -0.05) is 44.2 Å². The zero-order chi connectivity index (χ0) is 20.9. The summed E-state index contributed by atoms with van der Waals surface area (Å²) in [6, 6.07) is 14.2. The summed E-state index contributed by atoms with van der Waals surface area (Å²) in [7, 11) is 0. The minimum Gasteiger partial charge on any atom is -0.332 e. The van der Waals surface area contributed by atoms with E-state index in [2.05, 4.69) is 19.1 Å². The number of hydrogen-bond acceptors (Lipinski definition) is 3. The van der Waals surface area contributed by atoms with E-state index in [9.17, 15) is 9.59 Å². The summed E-state index contributed by atoms with van der Waals surface area (Å²) >= 11 is 1.71. The first-order valence-electron chi connectivity index (χ1n) is 9.76. The molecule has 0 aliphatic heterocycles. The third-order valence-electron chi connectivity index (χ3n) is 4.57. The van der Waals surface area contributed by atoms with E-state index < -0.39 is 5.54 Å². The number of benzene rings is 1. The summed E-state index contributed by atoms with van der Waals surface area (Å²) < 4.78 is 0. The third-order valence-corrected chi connectivity index (χ3v) is 5.56. The minimum atomic E-state index is -0.408. The molecule has 152 valence electrons. The Kier molecular flexibility index (Phi) is 7.41. The predicted octanol–water partition coefficient (Wildman–Crippen LogP) is 4.87. The second kappa shape index (κ2) is 9.37. The lowest BCUT2D eigenvalue weighted by atomic mass is 10.0. The summed E-state index contributed by atoms with van der Waals surface area (Å²) in [5.41, 5.74) is 0.677. The van der Waals surface area contributed by atoms with Crippen molar-refractivity contribution in [3.63, 3.8) is 0 Å². The van der Waals surface area contributed by atoms with Crippen molar-refractivity contribution in [2.24, 2.45) is 5.92 Å².